The molecule has 0 aromatic heterocycles. The molecule has 156 valence electrons. The lowest BCUT2D eigenvalue weighted by atomic mass is 10.1. The number of aromatic carboxylic acids is 2. The smallest absolute Gasteiger partial charge is 0.335 e. The summed E-state index contributed by atoms with van der Waals surface area (Å²) in [6, 6.07) is 18.9. The highest BCUT2D eigenvalue weighted by Crippen LogP contribution is 2.22. The van der Waals surface area contributed by atoms with Crippen LogP contribution < -0.4 is 5.32 Å². The van der Waals surface area contributed by atoms with Crippen molar-refractivity contribution in [1.82, 2.24) is 0 Å². The second-order valence-electron chi connectivity index (χ2n) is 6.47. The maximum absolute atomic E-state index is 12.6. The van der Waals surface area contributed by atoms with E-state index in [1.165, 1.54) is 23.9 Å². The molecule has 0 bridgehead atoms. The summed E-state index contributed by atoms with van der Waals surface area (Å²) < 4.78 is 0. The largest absolute Gasteiger partial charge is 0.478 e. The van der Waals surface area contributed by atoms with Crippen molar-refractivity contribution in [2.45, 2.75) is 4.90 Å². The average molecular weight is 435 g/mol. The summed E-state index contributed by atoms with van der Waals surface area (Å²) in [7, 11) is 0. The number of amides is 1. The predicted molar refractivity (Wildman–Crippen MR) is 116 cm³/mol. The fourth-order valence-corrected chi connectivity index (χ4v) is 3.58. The van der Waals surface area contributed by atoms with Gasteiger partial charge in [0.1, 0.15) is 0 Å². The molecule has 31 heavy (non-hydrogen) atoms. The molecular weight excluding hydrogens is 418 g/mol. The maximum Gasteiger partial charge on any atom is 0.335 e. The van der Waals surface area contributed by atoms with E-state index in [1.54, 1.807) is 48.5 Å². The highest BCUT2D eigenvalue weighted by atomic mass is 32.2. The third kappa shape index (κ3) is 5.80. The molecule has 0 spiro atoms. The van der Waals surface area contributed by atoms with Gasteiger partial charge in [0.05, 0.1) is 16.9 Å². The Labute approximate surface area is 181 Å². The van der Waals surface area contributed by atoms with E-state index in [0.29, 0.717) is 10.5 Å². The molecule has 1 amide bonds. The van der Waals surface area contributed by atoms with Crippen LogP contribution in [-0.4, -0.2) is 39.6 Å². The molecule has 0 unspecified atom stereocenters. The minimum atomic E-state index is -1.31. The van der Waals surface area contributed by atoms with Crippen molar-refractivity contribution >= 4 is 41.1 Å². The van der Waals surface area contributed by atoms with Gasteiger partial charge in [0.2, 0.25) is 0 Å². The molecule has 3 rings (SSSR count). The lowest BCUT2D eigenvalue weighted by molar-refractivity contribution is 0.0696. The third-order valence-corrected chi connectivity index (χ3v) is 5.24. The van der Waals surface area contributed by atoms with Crippen molar-refractivity contribution < 1.29 is 29.4 Å². The number of carbonyl (C=O) groups is 4. The average Bonchev–Trinajstić information content (AvgIpc) is 2.78. The van der Waals surface area contributed by atoms with Gasteiger partial charge in [-0.3, -0.25) is 9.59 Å². The van der Waals surface area contributed by atoms with Gasteiger partial charge in [0, 0.05) is 21.7 Å². The van der Waals surface area contributed by atoms with Gasteiger partial charge in [0.25, 0.3) is 5.91 Å². The Balaban J connectivity index is 1.72. The summed E-state index contributed by atoms with van der Waals surface area (Å²) in [5.74, 6) is -2.97. The molecule has 3 N–H and O–H groups in total. The highest BCUT2D eigenvalue weighted by Gasteiger charge is 2.14. The third-order valence-electron chi connectivity index (χ3n) is 4.25. The second-order valence-corrected chi connectivity index (χ2v) is 7.52. The molecule has 0 atom stereocenters. The first kappa shape index (κ1) is 21.8. The van der Waals surface area contributed by atoms with Crippen LogP contribution in [0, 0.1) is 0 Å². The van der Waals surface area contributed by atoms with Gasteiger partial charge in [-0.05, 0) is 36.4 Å². The Morgan fingerprint density at radius 1 is 0.710 bits per heavy atom. The van der Waals surface area contributed by atoms with Crippen LogP contribution in [0.5, 0.6) is 0 Å². The number of carboxylic acid groups (broad SMARTS) is 2. The lowest BCUT2D eigenvalue weighted by Gasteiger charge is -2.09. The fraction of sp³-hybridized carbons (Fsp3) is 0.0435. The summed E-state index contributed by atoms with van der Waals surface area (Å²) in [5, 5.41) is 20.8. The summed E-state index contributed by atoms with van der Waals surface area (Å²) in [6.07, 6.45) is 0. The molecule has 3 aromatic carbocycles. The number of Topliss-reactive ketones (excluding diaryl/α,β-unsaturated/α-hetero) is 1. The summed E-state index contributed by atoms with van der Waals surface area (Å²) in [5.41, 5.74) is 0.448. The molecule has 0 heterocycles. The molecule has 0 aliphatic rings. The molecule has 7 nitrogen and oxygen atoms in total. The summed E-state index contributed by atoms with van der Waals surface area (Å²) in [4.78, 5) is 48.0. The van der Waals surface area contributed by atoms with Crippen LogP contribution in [0.15, 0.2) is 77.7 Å². The van der Waals surface area contributed by atoms with E-state index < -0.39 is 17.8 Å². The van der Waals surface area contributed by atoms with Crippen molar-refractivity contribution in [3.63, 3.8) is 0 Å². The van der Waals surface area contributed by atoms with E-state index in [0.717, 1.165) is 6.07 Å². The number of hydrogen-bond donors (Lipinski definition) is 3. The van der Waals surface area contributed by atoms with E-state index in [-0.39, 0.29) is 33.9 Å². The van der Waals surface area contributed by atoms with E-state index in [1.807, 2.05) is 6.07 Å². The monoisotopic (exact) mass is 435 g/mol. The van der Waals surface area contributed by atoms with Gasteiger partial charge in [-0.25, -0.2) is 9.59 Å². The highest BCUT2D eigenvalue weighted by molar-refractivity contribution is 8.00. The van der Waals surface area contributed by atoms with Crippen LogP contribution in [-0.2, 0) is 0 Å². The number of ketones is 1. The number of benzene rings is 3. The van der Waals surface area contributed by atoms with Crippen molar-refractivity contribution in [3.05, 3.63) is 95.1 Å². The van der Waals surface area contributed by atoms with Crippen LogP contribution >= 0.6 is 11.8 Å². The number of carboxylic acids is 2. The normalized spacial score (nSPS) is 10.3. The Morgan fingerprint density at radius 2 is 1.32 bits per heavy atom. The number of carbonyl (C=O) groups excluding carboxylic acids is 2. The quantitative estimate of drug-likeness (QED) is 0.356. The maximum atomic E-state index is 12.6. The number of rotatable bonds is 8. The number of nitrogens with one attached hydrogen (secondary N) is 1. The topological polar surface area (TPSA) is 121 Å². The van der Waals surface area contributed by atoms with Crippen LogP contribution in [0.1, 0.15) is 41.4 Å². The SMILES string of the molecule is O=C(O)c1cc(NC(=O)c2cccc(SCC(=O)c3ccccc3)c2)cc(C(=O)O)c1. The molecule has 0 aliphatic carbocycles. The first-order chi connectivity index (χ1) is 14.8. The van der Waals surface area contributed by atoms with E-state index in [4.69, 9.17) is 10.2 Å². The zero-order valence-corrected chi connectivity index (χ0v) is 16.9. The van der Waals surface area contributed by atoms with Crippen LogP contribution in [0.3, 0.4) is 0 Å². The van der Waals surface area contributed by atoms with E-state index in [2.05, 4.69) is 5.32 Å². The Bertz CT molecular complexity index is 1130. The minimum absolute atomic E-state index is 0.0351. The minimum Gasteiger partial charge on any atom is -0.478 e. The van der Waals surface area contributed by atoms with Crippen LogP contribution in [0.25, 0.3) is 0 Å². The molecule has 0 aliphatic heterocycles. The molecule has 0 saturated heterocycles. The zero-order chi connectivity index (χ0) is 22.4. The van der Waals surface area contributed by atoms with Gasteiger partial charge in [0.15, 0.2) is 5.78 Å². The first-order valence-corrected chi connectivity index (χ1v) is 10.1. The zero-order valence-electron chi connectivity index (χ0n) is 16.1. The first-order valence-electron chi connectivity index (χ1n) is 9.07. The molecule has 3 aromatic rings. The van der Waals surface area contributed by atoms with E-state index >= 15 is 0 Å². The van der Waals surface area contributed by atoms with Crippen LogP contribution in [0.4, 0.5) is 5.69 Å². The summed E-state index contributed by atoms with van der Waals surface area (Å²) in [6.45, 7) is 0. The van der Waals surface area contributed by atoms with Gasteiger partial charge in [-0.2, -0.15) is 0 Å². The van der Waals surface area contributed by atoms with Crippen molar-refractivity contribution in [2.24, 2.45) is 0 Å². The fourth-order valence-electron chi connectivity index (χ4n) is 2.73. The van der Waals surface area contributed by atoms with Crippen molar-refractivity contribution in [3.8, 4) is 0 Å². The van der Waals surface area contributed by atoms with Gasteiger partial charge in [-0.1, -0.05) is 36.4 Å². The van der Waals surface area contributed by atoms with Gasteiger partial charge < -0.3 is 15.5 Å². The predicted octanol–water partition coefficient (Wildman–Crippen LogP) is 4.31. The summed E-state index contributed by atoms with van der Waals surface area (Å²) >= 11 is 1.29. The molecule has 8 heteroatoms. The molecule has 0 radical (unpaired) electrons. The molecule has 0 saturated carbocycles. The second kappa shape index (κ2) is 9.73. The van der Waals surface area contributed by atoms with Crippen LogP contribution in [0.2, 0.25) is 0 Å². The van der Waals surface area contributed by atoms with E-state index in [9.17, 15) is 19.2 Å². The Kier molecular flexibility index (Phi) is 6.84. The van der Waals surface area contributed by atoms with Gasteiger partial charge in [-0.15, -0.1) is 11.8 Å². The Hall–Kier alpha value is -3.91. The Morgan fingerprint density at radius 3 is 1.94 bits per heavy atom. The van der Waals surface area contributed by atoms with Crippen molar-refractivity contribution in [1.29, 1.82) is 0 Å². The van der Waals surface area contributed by atoms with Crippen molar-refractivity contribution in [2.75, 3.05) is 11.1 Å². The molecular formula is C23H17NO6S. The number of anilines is 1. The number of thioether (sulfide) groups is 1. The standard InChI is InChI=1S/C23H17NO6S/c25-20(14-5-2-1-3-6-14)13-31-19-8-4-7-15(12-19)21(26)24-18-10-16(22(27)28)9-17(11-18)23(29)30/h1-12H,13H2,(H,24,26)(H,27,28)(H,29,30). The molecule has 0 fully saturated rings. The van der Waals surface area contributed by atoms with Gasteiger partial charge >= 0.3 is 11.9 Å². The lowest BCUT2D eigenvalue weighted by Crippen LogP contribution is -2.13. The number of hydrogen-bond acceptors (Lipinski definition) is 5.